The van der Waals surface area contributed by atoms with Crippen LogP contribution in [0, 0.1) is 29.6 Å². The van der Waals surface area contributed by atoms with Crippen molar-refractivity contribution < 1.29 is 9.59 Å². The molecule has 2 saturated carbocycles. The first kappa shape index (κ1) is 21.2. The summed E-state index contributed by atoms with van der Waals surface area (Å²) in [6.07, 6.45) is 0.868. The van der Waals surface area contributed by atoms with Crippen LogP contribution in [0.5, 0.6) is 0 Å². The monoisotopic (exact) mass is 528 g/mol. The lowest BCUT2D eigenvalue weighted by molar-refractivity contribution is -0.123. The molecule has 3 fully saturated rings. The fourth-order valence-electron chi connectivity index (χ4n) is 6.90. The Morgan fingerprint density at radius 1 is 0.853 bits per heavy atom. The number of H-pyrrole nitrogens is 1. The first-order valence-electron chi connectivity index (χ1n) is 11.2. The molecule has 2 bridgehead atoms. The Bertz CT molecular complexity index is 1400. The molecule has 0 radical (unpaired) electrons. The average Bonchev–Trinajstić information content (AvgIpc) is 3.54. The van der Waals surface area contributed by atoms with Crippen molar-refractivity contribution in [2.75, 3.05) is 4.90 Å². The van der Waals surface area contributed by atoms with Crippen molar-refractivity contribution in [3.05, 3.63) is 78.7 Å². The van der Waals surface area contributed by atoms with Crippen LogP contribution in [0.4, 0.5) is 5.69 Å². The zero-order valence-corrected chi connectivity index (χ0v) is 20.8. The third-order valence-electron chi connectivity index (χ3n) is 8.04. The minimum Gasteiger partial charge on any atom is -0.307 e. The molecule has 4 aliphatic rings. The SMILES string of the molecule is O=C1[C@H]2[C@H]3C[C@@H]([C@@H]4Sc5[nH]c(=O)sc5[C@@H](c5ccc(Cl)cc5)[C@@H]34)[C@@H]2C(=O)N1c1ccc(Cl)cc1. The van der Waals surface area contributed by atoms with Crippen molar-refractivity contribution >= 4 is 63.8 Å². The number of hydrogen-bond donors (Lipinski definition) is 1. The maximum absolute atomic E-state index is 13.7. The van der Waals surface area contributed by atoms with Gasteiger partial charge in [0, 0.05) is 26.1 Å². The van der Waals surface area contributed by atoms with Gasteiger partial charge in [-0.15, -0.1) is 11.8 Å². The molecule has 1 N–H and O–H groups in total. The fourth-order valence-corrected chi connectivity index (χ4v) is 10.0. The molecule has 5 nitrogen and oxygen atoms in total. The number of nitrogens with zero attached hydrogens (tertiary/aromatic N) is 1. The van der Waals surface area contributed by atoms with Crippen LogP contribution in [0.2, 0.25) is 10.0 Å². The molecule has 2 aliphatic heterocycles. The summed E-state index contributed by atoms with van der Waals surface area (Å²) in [5.74, 6) is -0.448. The van der Waals surface area contributed by atoms with E-state index in [9.17, 15) is 14.4 Å². The van der Waals surface area contributed by atoms with Crippen molar-refractivity contribution in [1.29, 1.82) is 0 Å². The number of aromatic nitrogens is 1. The summed E-state index contributed by atoms with van der Waals surface area (Å²) < 4.78 is 0. The molecule has 34 heavy (non-hydrogen) atoms. The minimum atomic E-state index is -0.318. The summed E-state index contributed by atoms with van der Waals surface area (Å²) in [5.41, 5.74) is 1.69. The molecular weight excluding hydrogens is 511 g/mol. The molecule has 2 amide bonds. The van der Waals surface area contributed by atoms with Crippen molar-refractivity contribution in [3.63, 3.8) is 0 Å². The summed E-state index contributed by atoms with van der Waals surface area (Å²) in [4.78, 5) is 44.9. The number of aromatic amines is 1. The van der Waals surface area contributed by atoms with Crippen LogP contribution in [0.1, 0.15) is 22.8 Å². The van der Waals surface area contributed by atoms with E-state index in [-0.39, 0.29) is 57.4 Å². The van der Waals surface area contributed by atoms with E-state index in [0.29, 0.717) is 15.7 Å². The van der Waals surface area contributed by atoms with Crippen LogP contribution in [-0.2, 0) is 9.59 Å². The van der Waals surface area contributed by atoms with Gasteiger partial charge in [-0.2, -0.15) is 0 Å². The Labute approximate surface area is 213 Å². The molecule has 172 valence electrons. The second kappa shape index (κ2) is 7.47. The van der Waals surface area contributed by atoms with Gasteiger partial charge < -0.3 is 4.98 Å². The second-order valence-corrected chi connectivity index (χ2v) is 12.6. The zero-order chi connectivity index (χ0) is 23.3. The van der Waals surface area contributed by atoms with E-state index >= 15 is 0 Å². The maximum Gasteiger partial charge on any atom is 0.305 e. The molecule has 2 aromatic carbocycles. The number of hydrogen-bond acceptors (Lipinski definition) is 5. The van der Waals surface area contributed by atoms with E-state index in [1.165, 1.54) is 16.2 Å². The quantitative estimate of drug-likeness (QED) is 0.450. The van der Waals surface area contributed by atoms with E-state index in [2.05, 4.69) is 4.98 Å². The van der Waals surface area contributed by atoms with E-state index in [4.69, 9.17) is 23.2 Å². The van der Waals surface area contributed by atoms with Gasteiger partial charge in [0.1, 0.15) is 0 Å². The number of thiazole rings is 1. The smallest absolute Gasteiger partial charge is 0.305 e. The number of carbonyl (C=O) groups is 2. The number of imide groups is 1. The lowest BCUT2D eigenvalue weighted by Crippen LogP contribution is -2.42. The first-order chi connectivity index (χ1) is 16.4. The Hall–Kier alpha value is -2.06. The molecule has 3 aromatic rings. The molecule has 0 spiro atoms. The lowest BCUT2D eigenvalue weighted by Gasteiger charge is -2.43. The second-order valence-electron chi connectivity index (χ2n) is 9.50. The van der Waals surface area contributed by atoms with Crippen molar-refractivity contribution in [2.24, 2.45) is 29.6 Å². The van der Waals surface area contributed by atoms with Gasteiger partial charge in [0.15, 0.2) is 0 Å². The minimum absolute atomic E-state index is 0.00546. The predicted molar refractivity (Wildman–Crippen MR) is 134 cm³/mol. The van der Waals surface area contributed by atoms with E-state index in [0.717, 1.165) is 21.9 Å². The highest BCUT2D eigenvalue weighted by Crippen LogP contribution is 2.68. The Morgan fingerprint density at radius 2 is 1.47 bits per heavy atom. The third-order valence-corrected chi connectivity index (χ3v) is 11.1. The number of rotatable bonds is 2. The van der Waals surface area contributed by atoms with Crippen LogP contribution in [0.25, 0.3) is 0 Å². The fraction of sp³-hybridized carbons (Fsp3) is 0.320. The number of amides is 2. The predicted octanol–water partition coefficient (Wildman–Crippen LogP) is 5.42. The summed E-state index contributed by atoms with van der Waals surface area (Å²) in [6.45, 7) is 0. The Morgan fingerprint density at radius 3 is 2.15 bits per heavy atom. The molecular formula is C25H18Cl2N2O3S2. The lowest BCUT2D eigenvalue weighted by atomic mass is 9.68. The van der Waals surface area contributed by atoms with Gasteiger partial charge in [0.25, 0.3) is 0 Å². The van der Waals surface area contributed by atoms with Gasteiger partial charge in [-0.25, -0.2) is 0 Å². The number of fused-ring (bicyclic) bond motifs is 9. The van der Waals surface area contributed by atoms with Gasteiger partial charge >= 0.3 is 4.87 Å². The molecule has 3 heterocycles. The highest BCUT2D eigenvalue weighted by atomic mass is 35.5. The Balaban J connectivity index is 1.32. The molecule has 1 saturated heterocycles. The van der Waals surface area contributed by atoms with Gasteiger partial charge in [-0.05, 0) is 66.1 Å². The van der Waals surface area contributed by atoms with Gasteiger partial charge in [0.2, 0.25) is 11.8 Å². The number of halogens is 2. The Kier molecular flexibility index (Phi) is 4.67. The molecule has 2 aliphatic carbocycles. The van der Waals surface area contributed by atoms with Crippen molar-refractivity contribution in [3.8, 4) is 0 Å². The third kappa shape index (κ3) is 2.84. The van der Waals surface area contributed by atoms with E-state index in [1.54, 1.807) is 36.0 Å². The molecule has 9 heteroatoms. The largest absolute Gasteiger partial charge is 0.307 e. The number of thioether (sulfide) groups is 1. The topological polar surface area (TPSA) is 70.2 Å². The van der Waals surface area contributed by atoms with Gasteiger partial charge in [-0.1, -0.05) is 46.7 Å². The summed E-state index contributed by atoms with van der Waals surface area (Å²) >= 11 is 15.2. The number of nitrogens with one attached hydrogen (secondary N) is 1. The van der Waals surface area contributed by atoms with Crippen LogP contribution < -0.4 is 9.77 Å². The molecule has 1 aromatic heterocycles. The van der Waals surface area contributed by atoms with E-state index < -0.39 is 0 Å². The van der Waals surface area contributed by atoms with Crippen LogP contribution in [0.15, 0.2) is 58.4 Å². The number of carbonyl (C=O) groups excluding carboxylic acids is 2. The number of anilines is 1. The molecule has 7 atom stereocenters. The van der Waals surface area contributed by atoms with Crippen LogP contribution >= 0.6 is 46.3 Å². The molecule has 7 rings (SSSR count). The van der Waals surface area contributed by atoms with Crippen molar-refractivity contribution in [1.82, 2.24) is 4.98 Å². The van der Waals surface area contributed by atoms with Gasteiger partial charge in [0.05, 0.1) is 22.5 Å². The maximum atomic E-state index is 13.7. The van der Waals surface area contributed by atoms with Crippen LogP contribution in [-0.4, -0.2) is 22.0 Å². The summed E-state index contributed by atoms with van der Waals surface area (Å²) in [6, 6.07) is 14.7. The summed E-state index contributed by atoms with van der Waals surface area (Å²) in [5, 5.41) is 2.31. The zero-order valence-electron chi connectivity index (χ0n) is 17.6. The standard InChI is InChI=1S/C25H18Cl2N2O3S2/c26-11-3-1-10(2-4-11)16-17-14-9-15(20(17)33-22-21(16)34-25(32)28-22)19-18(14)23(30)29(24(19)31)13-7-5-12(27)6-8-13/h1-8,14-20H,9H2,(H,28,32)/t14-,15+,16-,17+,18-,19-,20-/m0/s1. The molecule has 0 unspecified atom stereocenters. The number of benzene rings is 2. The normalized spacial score (nSPS) is 33.2. The van der Waals surface area contributed by atoms with Crippen LogP contribution in [0.3, 0.4) is 0 Å². The summed E-state index contributed by atoms with van der Waals surface area (Å²) in [7, 11) is 0. The average molecular weight is 529 g/mol. The highest BCUT2D eigenvalue weighted by Gasteiger charge is 2.69. The van der Waals surface area contributed by atoms with Gasteiger partial charge in [-0.3, -0.25) is 19.3 Å². The van der Waals surface area contributed by atoms with Crippen molar-refractivity contribution in [2.45, 2.75) is 22.6 Å². The van der Waals surface area contributed by atoms with E-state index in [1.807, 2.05) is 24.3 Å². The first-order valence-corrected chi connectivity index (χ1v) is 13.7. The highest BCUT2D eigenvalue weighted by molar-refractivity contribution is 8.00.